The van der Waals surface area contributed by atoms with Gasteiger partial charge in [-0.25, -0.2) is 9.78 Å². The maximum Gasteiger partial charge on any atom is 0.330 e. The van der Waals surface area contributed by atoms with E-state index in [1.54, 1.807) is 25.3 Å². The summed E-state index contributed by atoms with van der Waals surface area (Å²) in [7, 11) is 4.33. The van der Waals surface area contributed by atoms with E-state index in [9.17, 15) is 19.5 Å². The lowest BCUT2D eigenvalue weighted by atomic mass is 10.00. The Labute approximate surface area is 258 Å². The molecule has 1 aliphatic heterocycles. The number of nitrogens with zero attached hydrogens (tertiary/aromatic N) is 4. The molecule has 0 saturated carbocycles. The monoisotopic (exact) mass is 623 g/mol. The Bertz CT molecular complexity index is 1850. The summed E-state index contributed by atoms with van der Waals surface area (Å²) >= 11 is 13.7. The van der Waals surface area contributed by atoms with Crippen LogP contribution in [0, 0.1) is 0 Å². The fourth-order valence-corrected chi connectivity index (χ4v) is 5.86. The molecule has 5 rings (SSSR count). The lowest BCUT2D eigenvalue weighted by Gasteiger charge is -2.20. The number of hydrogen-bond acceptors (Lipinski definition) is 7. The van der Waals surface area contributed by atoms with Crippen LogP contribution in [0.3, 0.4) is 0 Å². The van der Waals surface area contributed by atoms with Crippen molar-refractivity contribution in [2.24, 2.45) is 14.1 Å². The number of carbonyl (C=O) groups is 1. The first kappa shape index (κ1) is 30.5. The average Bonchev–Trinajstić information content (AvgIpc) is 3.33. The minimum Gasteiger partial charge on any atom is -0.481 e. The molecule has 0 spiro atoms. The van der Waals surface area contributed by atoms with Gasteiger partial charge in [0.1, 0.15) is 5.56 Å². The van der Waals surface area contributed by atoms with E-state index in [-0.39, 0.29) is 16.3 Å². The van der Waals surface area contributed by atoms with E-state index >= 15 is 0 Å². The van der Waals surface area contributed by atoms with Crippen molar-refractivity contribution in [2.45, 2.75) is 25.5 Å². The van der Waals surface area contributed by atoms with Crippen LogP contribution in [0.15, 0.2) is 64.3 Å². The van der Waals surface area contributed by atoms with Crippen molar-refractivity contribution in [2.75, 3.05) is 25.5 Å². The van der Waals surface area contributed by atoms with Gasteiger partial charge in [0.15, 0.2) is 0 Å². The summed E-state index contributed by atoms with van der Waals surface area (Å²) in [5.41, 5.74) is 1.44. The number of aryl methyl sites for hydroxylation is 1. The largest absolute Gasteiger partial charge is 0.481 e. The van der Waals surface area contributed by atoms with E-state index in [1.807, 2.05) is 37.3 Å². The molecule has 224 valence electrons. The maximum absolute atomic E-state index is 13.0. The number of halogens is 2. The van der Waals surface area contributed by atoms with Gasteiger partial charge in [-0.2, -0.15) is 0 Å². The zero-order chi connectivity index (χ0) is 31.1. The number of methoxy groups -OCH3 is 1. The molecule has 1 saturated heterocycles. The average molecular weight is 625 g/mol. The number of β-amino-alcohol motifs (C(OH)–C–C–N with tert-alkyl or cyclic N) is 1. The van der Waals surface area contributed by atoms with E-state index in [4.69, 9.17) is 32.9 Å². The van der Waals surface area contributed by atoms with Gasteiger partial charge in [0, 0.05) is 62.2 Å². The van der Waals surface area contributed by atoms with E-state index in [1.165, 1.54) is 20.3 Å². The van der Waals surface area contributed by atoms with Crippen molar-refractivity contribution < 1.29 is 14.6 Å². The normalized spacial score (nSPS) is 16.8. The number of benzene rings is 2. The molecule has 0 radical (unpaired) electrons. The summed E-state index contributed by atoms with van der Waals surface area (Å²) < 4.78 is 7.64. The third-order valence-electron chi connectivity index (χ3n) is 7.56. The SMILES string of the molecule is COc1nc(-c2cccc(-c3cccc(NC(=O)c4cn(C)c(=O)n(C)c4=O)c3Cl)c2Cl)ccc1CN1CC[C@@](C)(O)C1. The van der Waals surface area contributed by atoms with Crippen molar-refractivity contribution in [3.05, 3.63) is 96.7 Å². The number of ether oxygens (including phenoxy) is 1. The quantitative estimate of drug-likeness (QED) is 0.314. The van der Waals surface area contributed by atoms with Gasteiger partial charge in [-0.3, -0.25) is 19.1 Å². The number of nitrogens with one attached hydrogen (secondary N) is 1. The number of amides is 1. The van der Waals surface area contributed by atoms with Gasteiger partial charge in [-0.1, -0.05) is 59.6 Å². The fourth-order valence-electron chi connectivity index (χ4n) is 5.26. The molecule has 3 heterocycles. The molecule has 0 unspecified atom stereocenters. The molecule has 1 aliphatic rings. The zero-order valence-electron chi connectivity index (χ0n) is 24.1. The van der Waals surface area contributed by atoms with E-state index in [2.05, 4.69) is 10.2 Å². The zero-order valence-corrected chi connectivity index (χ0v) is 25.7. The first-order valence-electron chi connectivity index (χ1n) is 13.5. The second kappa shape index (κ2) is 12.0. The second-order valence-corrected chi connectivity index (χ2v) is 11.7. The summed E-state index contributed by atoms with van der Waals surface area (Å²) in [5, 5.41) is 13.6. The highest BCUT2D eigenvalue weighted by Gasteiger charge is 2.31. The molecule has 2 aromatic carbocycles. The van der Waals surface area contributed by atoms with E-state index in [0.29, 0.717) is 52.8 Å². The topological polar surface area (TPSA) is 119 Å². The molecule has 0 bridgehead atoms. The number of pyridine rings is 1. The summed E-state index contributed by atoms with van der Waals surface area (Å²) in [6, 6.07) is 14.4. The Morgan fingerprint density at radius 3 is 2.40 bits per heavy atom. The van der Waals surface area contributed by atoms with Crippen molar-refractivity contribution in [1.82, 2.24) is 19.0 Å². The third kappa shape index (κ3) is 6.09. The number of aliphatic hydroxyl groups is 1. The molecule has 10 nitrogen and oxygen atoms in total. The highest BCUT2D eigenvalue weighted by Crippen LogP contribution is 2.41. The number of anilines is 1. The van der Waals surface area contributed by atoms with Gasteiger partial charge in [0.2, 0.25) is 5.88 Å². The summed E-state index contributed by atoms with van der Waals surface area (Å²) in [4.78, 5) is 44.5. The standard InChI is InChI=1S/C31H31Cl2N5O5/c1-31(42)13-14-38(17-31)15-18-11-12-23(35-28(18)43-4)21-9-5-7-19(25(21)32)20-8-6-10-24(26(20)33)34-27(39)22-16-36(2)30(41)37(3)29(22)40/h5-12,16,42H,13-15,17H2,1-4H3,(H,34,39)/t31-/m1/s1. The number of aromatic nitrogens is 3. The molecule has 43 heavy (non-hydrogen) atoms. The minimum atomic E-state index is -0.718. The van der Waals surface area contributed by atoms with Crippen LogP contribution in [0.5, 0.6) is 5.88 Å². The van der Waals surface area contributed by atoms with Crippen LogP contribution < -0.4 is 21.3 Å². The Kier molecular flexibility index (Phi) is 8.49. The van der Waals surface area contributed by atoms with Gasteiger partial charge < -0.3 is 19.7 Å². The van der Waals surface area contributed by atoms with Crippen LogP contribution in [0.4, 0.5) is 5.69 Å². The number of hydrogen-bond donors (Lipinski definition) is 2. The van der Waals surface area contributed by atoms with Crippen LogP contribution >= 0.6 is 23.2 Å². The third-order valence-corrected chi connectivity index (χ3v) is 8.37. The molecule has 4 aromatic rings. The molecule has 2 aromatic heterocycles. The minimum absolute atomic E-state index is 0.204. The molecule has 2 N–H and O–H groups in total. The molecule has 1 atom stereocenters. The van der Waals surface area contributed by atoms with Gasteiger partial charge in [0.05, 0.1) is 34.1 Å². The van der Waals surface area contributed by atoms with Crippen LogP contribution in [0.2, 0.25) is 10.0 Å². The summed E-state index contributed by atoms with van der Waals surface area (Å²) in [6.07, 6.45) is 1.90. The van der Waals surface area contributed by atoms with Gasteiger partial charge >= 0.3 is 5.69 Å². The molecule has 12 heteroatoms. The number of likely N-dealkylation sites (tertiary alicyclic amines) is 1. The predicted octanol–water partition coefficient (Wildman–Crippen LogP) is 4.34. The predicted molar refractivity (Wildman–Crippen MR) is 167 cm³/mol. The maximum atomic E-state index is 13.0. The first-order chi connectivity index (χ1) is 20.4. The van der Waals surface area contributed by atoms with Gasteiger partial charge in [-0.05, 0) is 25.5 Å². The molecule has 1 amide bonds. The van der Waals surface area contributed by atoms with Crippen LogP contribution in [-0.2, 0) is 20.6 Å². The Morgan fingerprint density at radius 1 is 1.05 bits per heavy atom. The highest BCUT2D eigenvalue weighted by molar-refractivity contribution is 6.39. The highest BCUT2D eigenvalue weighted by atomic mass is 35.5. The lowest BCUT2D eigenvalue weighted by molar-refractivity contribution is 0.0677. The van der Waals surface area contributed by atoms with Crippen molar-refractivity contribution in [3.63, 3.8) is 0 Å². The summed E-state index contributed by atoms with van der Waals surface area (Å²) in [6.45, 7) is 3.80. The second-order valence-electron chi connectivity index (χ2n) is 10.9. The molecular formula is C31H31Cl2N5O5. The smallest absolute Gasteiger partial charge is 0.330 e. The van der Waals surface area contributed by atoms with Gasteiger partial charge in [0.25, 0.3) is 11.5 Å². The van der Waals surface area contributed by atoms with Crippen LogP contribution in [0.25, 0.3) is 22.4 Å². The molecular weight excluding hydrogens is 593 g/mol. The summed E-state index contributed by atoms with van der Waals surface area (Å²) in [5.74, 6) is -0.234. The Hall–Kier alpha value is -3.96. The lowest BCUT2D eigenvalue weighted by Crippen LogP contribution is -2.40. The number of rotatable bonds is 7. The molecule has 1 fully saturated rings. The first-order valence-corrected chi connectivity index (χ1v) is 14.3. The number of carbonyl (C=O) groups excluding carboxylic acids is 1. The van der Waals surface area contributed by atoms with E-state index < -0.39 is 22.8 Å². The Balaban J connectivity index is 1.45. The van der Waals surface area contributed by atoms with E-state index in [0.717, 1.165) is 21.2 Å². The Morgan fingerprint density at radius 2 is 1.72 bits per heavy atom. The van der Waals surface area contributed by atoms with Crippen molar-refractivity contribution in [1.29, 1.82) is 0 Å². The van der Waals surface area contributed by atoms with Gasteiger partial charge in [-0.15, -0.1) is 0 Å². The fraction of sp³-hybridized carbons (Fsp3) is 0.290. The van der Waals surface area contributed by atoms with Crippen molar-refractivity contribution in [3.8, 4) is 28.3 Å². The van der Waals surface area contributed by atoms with Crippen LogP contribution in [0.1, 0.15) is 29.3 Å². The van der Waals surface area contributed by atoms with Crippen LogP contribution in [-0.4, -0.2) is 55.8 Å². The van der Waals surface area contributed by atoms with Crippen molar-refractivity contribution >= 4 is 34.8 Å². The molecule has 0 aliphatic carbocycles.